The van der Waals surface area contributed by atoms with E-state index < -0.39 is 0 Å². The second-order valence-electron chi connectivity index (χ2n) is 2.39. The van der Waals surface area contributed by atoms with Gasteiger partial charge in [0, 0.05) is 10.3 Å². The van der Waals surface area contributed by atoms with Crippen LogP contribution in [0.15, 0.2) is 22.4 Å². The van der Waals surface area contributed by atoms with E-state index >= 15 is 0 Å². The minimum atomic E-state index is 0.237. The third kappa shape index (κ3) is 1.09. The molecule has 0 atom stereocenters. The van der Waals surface area contributed by atoms with Gasteiger partial charge in [0.1, 0.15) is 5.75 Å². The highest BCUT2D eigenvalue weighted by molar-refractivity contribution is 7.80. The number of phenols is 1. The summed E-state index contributed by atoms with van der Waals surface area (Å²) in [6.07, 6.45) is 0. The Morgan fingerprint density at radius 3 is 3.00 bits per heavy atom. The molecule has 0 aliphatic rings. The van der Waals surface area contributed by atoms with Crippen molar-refractivity contribution in [2.24, 2.45) is 0 Å². The summed E-state index contributed by atoms with van der Waals surface area (Å²) in [7, 11) is 0. The maximum atomic E-state index is 9.46. The van der Waals surface area contributed by atoms with Crippen LogP contribution < -0.4 is 0 Å². The molecule has 1 heterocycles. The zero-order valence-electron chi connectivity index (χ0n) is 5.91. The first-order chi connectivity index (χ1) is 5.70. The van der Waals surface area contributed by atoms with Crippen molar-refractivity contribution in [1.29, 1.82) is 0 Å². The molecule has 2 rings (SSSR count). The largest absolute Gasteiger partial charge is 0.507 e. The summed E-state index contributed by atoms with van der Waals surface area (Å²) in [6.45, 7) is 0. The van der Waals surface area contributed by atoms with Crippen molar-refractivity contribution in [3.8, 4) is 5.75 Å². The molecule has 12 heavy (non-hydrogen) atoms. The molecule has 0 radical (unpaired) electrons. The van der Waals surface area contributed by atoms with Crippen molar-refractivity contribution in [2.45, 2.75) is 4.90 Å². The lowest BCUT2D eigenvalue weighted by Gasteiger charge is -2.00. The SMILES string of the molecule is Oc1cc(S)c(Cl)c2sccc12. The number of aromatic hydroxyl groups is 1. The fraction of sp³-hybridized carbons (Fsp3) is 0. The molecule has 4 heteroatoms. The van der Waals surface area contributed by atoms with Crippen molar-refractivity contribution in [2.75, 3.05) is 0 Å². The number of hydrogen-bond acceptors (Lipinski definition) is 3. The Labute approximate surface area is 84.0 Å². The van der Waals surface area contributed by atoms with Gasteiger partial charge in [-0.3, -0.25) is 0 Å². The molecule has 1 nitrogen and oxygen atoms in total. The molecule has 0 aliphatic heterocycles. The molecule has 0 amide bonds. The van der Waals surface area contributed by atoms with E-state index in [-0.39, 0.29) is 5.75 Å². The fourth-order valence-corrected chi connectivity index (χ4v) is 2.52. The lowest BCUT2D eigenvalue weighted by Crippen LogP contribution is -1.72. The number of phenolic OH excluding ortho intramolecular Hbond substituents is 1. The predicted octanol–water partition coefficient (Wildman–Crippen LogP) is 3.55. The van der Waals surface area contributed by atoms with Gasteiger partial charge in [-0.25, -0.2) is 0 Å². The van der Waals surface area contributed by atoms with Crippen LogP contribution in [0.2, 0.25) is 5.02 Å². The van der Waals surface area contributed by atoms with Gasteiger partial charge in [-0.1, -0.05) is 11.6 Å². The molecular formula is C8H5ClOS2. The zero-order chi connectivity index (χ0) is 8.72. The molecule has 0 saturated heterocycles. The van der Waals surface area contributed by atoms with Crippen LogP contribution in [0.4, 0.5) is 0 Å². The highest BCUT2D eigenvalue weighted by Gasteiger charge is 2.08. The predicted molar refractivity (Wildman–Crippen MR) is 55.8 cm³/mol. The van der Waals surface area contributed by atoms with Gasteiger partial charge in [-0.05, 0) is 17.5 Å². The van der Waals surface area contributed by atoms with E-state index in [2.05, 4.69) is 12.6 Å². The van der Waals surface area contributed by atoms with Gasteiger partial charge in [0.2, 0.25) is 0 Å². The number of rotatable bonds is 0. The van der Waals surface area contributed by atoms with Crippen LogP contribution in [0.1, 0.15) is 0 Å². The van der Waals surface area contributed by atoms with Gasteiger partial charge in [0.25, 0.3) is 0 Å². The summed E-state index contributed by atoms with van der Waals surface area (Å²) in [5.41, 5.74) is 0. The fourth-order valence-electron chi connectivity index (χ4n) is 1.07. The second kappa shape index (κ2) is 2.83. The quantitative estimate of drug-likeness (QED) is 0.646. The standard InChI is InChI=1S/C8H5ClOS2/c9-7-6(11)3-5(10)4-1-2-12-8(4)7/h1-3,10-11H. The van der Waals surface area contributed by atoms with E-state index in [1.165, 1.54) is 11.3 Å². The van der Waals surface area contributed by atoms with Gasteiger partial charge in [0.05, 0.1) is 9.72 Å². The Morgan fingerprint density at radius 1 is 1.50 bits per heavy atom. The number of fused-ring (bicyclic) bond motifs is 1. The normalized spacial score (nSPS) is 10.8. The molecule has 0 spiro atoms. The highest BCUT2D eigenvalue weighted by atomic mass is 35.5. The average molecular weight is 217 g/mol. The Bertz CT molecular complexity index is 436. The van der Waals surface area contributed by atoms with Crippen LogP contribution in [-0.2, 0) is 0 Å². The molecule has 0 aliphatic carbocycles. The first-order valence-corrected chi connectivity index (χ1v) is 4.98. The van der Waals surface area contributed by atoms with Crippen molar-refractivity contribution >= 4 is 45.7 Å². The number of thiol groups is 1. The Hall–Kier alpha value is -0.380. The summed E-state index contributed by atoms with van der Waals surface area (Å²) >= 11 is 11.6. The third-order valence-corrected chi connectivity index (χ3v) is 3.56. The van der Waals surface area contributed by atoms with E-state index in [1.807, 2.05) is 11.4 Å². The average Bonchev–Trinajstić information content (AvgIpc) is 2.48. The number of benzene rings is 1. The molecule has 62 valence electrons. The first-order valence-electron chi connectivity index (χ1n) is 3.28. The Kier molecular flexibility index (Phi) is 1.94. The number of hydrogen-bond donors (Lipinski definition) is 2. The topological polar surface area (TPSA) is 20.2 Å². The van der Waals surface area contributed by atoms with Crippen LogP contribution in [0.5, 0.6) is 5.75 Å². The Morgan fingerprint density at radius 2 is 2.25 bits per heavy atom. The first kappa shape index (κ1) is 8.23. The summed E-state index contributed by atoms with van der Waals surface area (Å²) in [6, 6.07) is 3.40. The summed E-state index contributed by atoms with van der Waals surface area (Å²) in [5, 5.41) is 12.8. The van der Waals surface area contributed by atoms with E-state index in [0.29, 0.717) is 9.92 Å². The van der Waals surface area contributed by atoms with Crippen LogP contribution in [-0.4, -0.2) is 5.11 Å². The molecule has 1 aromatic carbocycles. The molecule has 1 aromatic heterocycles. The van der Waals surface area contributed by atoms with Crippen molar-refractivity contribution < 1.29 is 5.11 Å². The second-order valence-corrected chi connectivity index (χ2v) is 4.17. The summed E-state index contributed by atoms with van der Waals surface area (Å²) < 4.78 is 0.890. The maximum Gasteiger partial charge on any atom is 0.125 e. The van der Waals surface area contributed by atoms with E-state index in [9.17, 15) is 5.11 Å². The summed E-state index contributed by atoms with van der Waals surface area (Å²) in [4.78, 5) is 0.615. The van der Waals surface area contributed by atoms with Crippen molar-refractivity contribution in [3.63, 3.8) is 0 Å². The van der Waals surface area contributed by atoms with Gasteiger partial charge >= 0.3 is 0 Å². The zero-order valence-corrected chi connectivity index (χ0v) is 8.38. The third-order valence-electron chi connectivity index (χ3n) is 1.64. The van der Waals surface area contributed by atoms with Crippen LogP contribution in [0.25, 0.3) is 10.1 Å². The number of thiophene rings is 1. The van der Waals surface area contributed by atoms with Crippen molar-refractivity contribution in [1.82, 2.24) is 0 Å². The maximum absolute atomic E-state index is 9.46. The molecule has 0 bridgehead atoms. The van der Waals surface area contributed by atoms with E-state index in [0.717, 1.165) is 10.1 Å². The van der Waals surface area contributed by atoms with Crippen LogP contribution >= 0.6 is 35.6 Å². The molecular weight excluding hydrogens is 212 g/mol. The van der Waals surface area contributed by atoms with Gasteiger partial charge in [0.15, 0.2) is 0 Å². The lowest BCUT2D eigenvalue weighted by atomic mass is 10.2. The molecule has 0 unspecified atom stereocenters. The molecule has 0 saturated carbocycles. The van der Waals surface area contributed by atoms with Crippen molar-refractivity contribution in [3.05, 3.63) is 22.5 Å². The van der Waals surface area contributed by atoms with E-state index in [4.69, 9.17) is 11.6 Å². The van der Waals surface area contributed by atoms with Crippen LogP contribution in [0, 0.1) is 0 Å². The molecule has 2 aromatic rings. The van der Waals surface area contributed by atoms with Crippen LogP contribution in [0.3, 0.4) is 0 Å². The minimum absolute atomic E-state index is 0.237. The smallest absolute Gasteiger partial charge is 0.125 e. The lowest BCUT2D eigenvalue weighted by molar-refractivity contribution is 0.480. The Balaban J connectivity index is 2.97. The minimum Gasteiger partial charge on any atom is -0.507 e. The van der Waals surface area contributed by atoms with E-state index in [1.54, 1.807) is 6.07 Å². The van der Waals surface area contributed by atoms with Gasteiger partial charge in [-0.2, -0.15) is 0 Å². The molecule has 0 fully saturated rings. The van der Waals surface area contributed by atoms with Gasteiger partial charge in [-0.15, -0.1) is 24.0 Å². The summed E-state index contributed by atoms with van der Waals surface area (Å²) in [5.74, 6) is 0.237. The molecule has 1 N–H and O–H groups in total. The van der Waals surface area contributed by atoms with Gasteiger partial charge < -0.3 is 5.11 Å². The monoisotopic (exact) mass is 216 g/mol. The highest BCUT2D eigenvalue weighted by Crippen LogP contribution is 2.38. The number of halogens is 1.